The van der Waals surface area contributed by atoms with Crippen LogP contribution in [0.3, 0.4) is 0 Å². The fraction of sp³-hybridized carbons (Fsp3) is 0.615. The van der Waals surface area contributed by atoms with Crippen molar-refractivity contribution in [3.05, 3.63) is 24.4 Å². The maximum absolute atomic E-state index is 9.79. The molecule has 0 unspecified atom stereocenters. The molecule has 1 saturated heterocycles. The van der Waals surface area contributed by atoms with Crippen LogP contribution in [0.2, 0.25) is 0 Å². The molecule has 0 saturated carbocycles. The molecule has 94 valence electrons. The maximum atomic E-state index is 9.79. The Hall–Kier alpha value is -1.13. The molecule has 0 spiro atoms. The first-order chi connectivity index (χ1) is 8.04. The van der Waals surface area contributed by atoms with Crippen molar-refractivity contribution in [3.63, 3.8) is 0 Å². The lowest BCUT2D eigenvalue weighted by molar-refractivity contribution is 0.0344. The molecule has 4 nitrogen and oxygen atoms in total. The van der Waals surface area contributed by atoms with Gasteiger partial charge in [-0.15, -0.1) is 0 Å². The van der Waals surface area contributed by atoms with E-state index in [4.69, 9.17) is 0 Å². The van der Waals surface area contributed by atoms with Crippen molar-refractivity contribution in [1.82, 2.24) is 9.88 Å². The second-order valence-corrected chi connectivity index (χ2v) is 5.26. The zero-order valence-corrected chi connectivity index (χ0v) is 10.6. The molecule has 1 aromatic heterocycles. The third-order valence-electron chi connectivity index (χ3n) is 2.96. The van der Waals surface area contributed by atoms with Gasteiger partial charge in [-0.3, -0.25) is 4.90 Å². The highest BCUT2D eigenvalue weighted by atomic mass is 16.3. The summed E-state index contributed by atoms with van der Waals surface area (Å²) in [5.74, 6) is 1.05. The molecule has 0 aliphatic carbocycles. The standard InChI is InChI=1S/C13H21N3O/c1-13(2,17)11-15-7-9-16(10-8-15)12-5-3-4-6-14-12/h3-6,17H,7-11H2,1-2H3. The quantitative estimate of drug-likeness (QED) is 0.847. The molecule has 4 heteroatoms. The Morgan fingerprint density at radius 1 is 1.24 bits per heavy atom. The van der Waals surface area contributed by atoms with E-state index >= 15 is 0 Å². The van der Waals surface area contributed by atoms with Gasteiger partial charge in [0, 0.05) is 38.9 Å². The normalized spacial score (nSPS) is 18.4. The molecule has 1 fully saturated rings. The summed E-state index contributed by atoms with van der Waals surface area (Å²) in [6, 6.07) is 6.01. The van der Waals surface area contributed by atoms with Gasteiger partial charge in [-0.05, 0) is 26.0 Å². The van der Waals surface area contributed by atoms with Gasteiger partial charge in [-0.25, -0.2) is 4.98 Å². The van der Waals surface area contributed by atoms with Crippen molar-refractivity contribution in [1.29, 1.82) is 0 Å². The molecule has 2 rings (SSSR count). The molecule has 0 aromatic carbocycles. The Labute approximate surface area is 103 Å². The summed E-state index contributed by atoms with van der Waals surface area (Å²) < 4.78 is 0. The van der Waals surface area contributed by atoms with Crippen LogP contribution in [0.25, 0.3) is 0 Å². The van der Waals surface area contributed by atoms with Crippen LogP contribution in [0.1, 0.15) is 13.8 Å². The molecule has 0 amide bonds. The first-order valence-electron chi connectivity index (χ1n) is 6.15. The lowest BCUT2D eigenvalue weighted by Gasteiger charge is -2.37. The number of aromatic nitrogens is 1. The topological polar surface area (TPSA) is 39.6 Å². The summed E-state index contributed by atoms with van der Waals surface area (Å²) >= 11 is 0. The van der Waals surface area contributed by atoms with Crippen molar-refractivity contribution in [3.8, 4) is 0 Å². The summed E-state index contributed by atoms with van der Waals surface area (Å²) in [5, 5.41) is 9.79. The summed E-state index contributed by atoms with van der Waals surface area (Å²) in [7, 11) is 0. The minimum absolute atomic E-state index is 0.604. The van der Waals surface area contributed by atoms with Gasteiger partial charge in [0.15, 0.2) is 0 Å². The molecule has 1 aliphatic heterocycles. The van der Waals surface area contributed by atoms with Crippen LogP contribution in [0.4, 0.5) is 5.82 Å². The number of anilines is 1. The number of aliphatic hydroxyl groups is 1. The molecule has 0 radical (unpaired) electrons. The van der Waals surface area contributed by atoms with Gasteiger partial charge in [0.1, 0.15) is 5.82 Å². The smallest absolute Gasteiger partial charge is 0.128 e. The van der Waals surface area contributed by atoms with Crippen molar-refractivity contribution >= 4 is 5.82 Å². The number of pyridine rings is 1. The SMILES string of the molecule is CC(C)(O)CN1CCN(c2ccccn2)CC1. The Morgan fingerprint density at radius 2 is 1.94 bits per heavy atom. The van der Waals surface area contributed by atoms with Crippen molar-refractivity contribution < 1.29 is 5.11 Å². The number of hydrogen-bond acceptors (Lipinski definition) is 4. The fourth-order valence-electron chi connectivity index (χ4n) is 2.22. The van der Waals surface area contributed by atoms with Crippen LogP contribution in [0, 0.1) is 0 Å². The van der Waals surface area contributed by atoms with Crippen LogP contribution >= 0.6 is 0 Å². The van der Waals surface area contributed by atoms with Gasteiger partial charge in [0.25, 0.3) is 0 Å². The average Bonchev–Trinajstić information content (AvgIpc) is 2.29. The minimum atomic E-state index is -0.604. The third kappa shape index (κ3) is 3.68. The Balaban J connectivity index is 1.86. The van der Waals surface area contributed by atoms with Crippen molar-refractivity contribution in [2.75, 3.05) is 37.6 Å². The largest absolute Gasteiger partial charge is 0.389 e. The van der Waals surface area contributed by atoms with Crippen molar-refractivity contribution in [2.24, 2.45) is 0 Å². The molecule has 0 atom stereocenters. The first kappa shape index (κ1) is 12.3. The van der Waals surface area contributed by atoms with E-state index < -0.39 is 5.60 Å². The predicted molar refractivity (Wildman–Crippen MR) is 69.2 cm³/mol. The van der Waals surface area contributed by atoms with E-state index in [1.54, 1.807) is 0 Å². The second kappa shape index (κ2) is 5.02. The number of hydrogen-bond donors (Lipinski definition) is 1. The van der Waals surface area contributed by atoms with Gasteiger partial charge in [0.05, 0.1) is 5.60 Å². The molecule has 2 heterocycles. The predicted octanol–water partition coefficient (Wildman–Crippen LogP) is 0.974. The third-order valence-corrected chi connectivity index (χ3v) is 2.96. The highest BCUT2D eigenvalue weighted by Gasteiger charge is 2.22. The zero-order valence-electron chi connectivity index (χ0n) is 10.6. The van der Waals surface area contributed by atoms with E-state index in [2.05, 4.69) is 14.8 Å². The van der Waals surface area contributed by atoms with E-state index in [-0.39, 0.29) is 0 Å². The summed E-state index contributed by atoms with van der Waals surface area (Å²) in [4.78, 5) is 8.96. The number of rotatable bonds is 3. The van der Waals surface area contributed by atoms with Gasteiger partial charge < -0.3 is 10.0 Å². The van der Waals surface area contributed by atoms with Gasteiger partial charge in [-0.2, -0.15) is 0 Å². The minimum Gasteiger partial charge on any atom is -0.389 e. The summed E-state index contributed by atoms with van der Waals surface area (Å²) in [5.41, 5.74) is -0.604. The fourth-order valence-corrected chi connectivity index (χ4v) is 2.22. The monoisotopic (exact) mass is 235 g/mol. The molecule has 1 aromatic rings. The Morgan fingerprint density at radius 3 is 2.47 bits per heavy atom. The molecule has 17 heavy (non-hydrogen) atoms. The molecular weight excluding hydrogens is 214 g/mol. The van der Waals surface area contributed by atoms with Gasteiger partial charge in [0.2, 0.25) is 0 Å². The van der Waals surface area contributed by atoms with Crippen LogP contribution in [0.15, 0.2) is 24.4 Å². The second-order valence-electron chi connectivity index (χ2n) is 5.26. The summed E-state index contributed by atoms with van der Waals surface area (Å²) in [6.07, 6.45) is 1.83. The lowest BCUT2D eigenvalue weighted by Crippen LogP contribution is -2.50. The zero-order chi connectivity index (χ0) is 12.3. The van der Waals surface area contributed by atoms with Crippen LogP contribution in [0.5, 0.6) is 0 Å². The summed E-state index contributed by atoms with van der Waals surface area (Å²) in [6.45, 7) is 8.39. The maximum Gasteiger partial charge on any atom is 0.128 e. The number of nitrogens with zero attached hydrogens (tertiary/aromatic N) is 3. The van der Waals surface area contributed by atoms with Crippen LogP contribution in [-0.2, 0) is 0 Å². The molecule has 1 aliphatic rings. The van der Waals surface area contributed by atoms with E-state index in [0.29, 0.717) is 0 Å². The average molecular weight is 235 g/mol. The molecular formula is C13H21N3O. The van der Waals surface area contributed by atoms with Crippen LogP contribution < -0.4 is 4.90 Å². The number of piperazine rings is 1. The van der Waals surface area contributed by atoms with E-state index in [9.17, 15) is 5.11 Å². The van der Waals surface area contributed by atoms with E-state index in [0.717, 1.165) is 38.5 Å². The number of β-amino-alcohol motifs (C(OH)–C–C–N with tert-alkyl or cyclic N) is 1. The highest BCUT2D eigenvalue weighted by molar-refractivity contribution is 5.38. The van der Waals surface area contributed by atoms with Gasteiger partial charge in [-0.1, -0.05) is 6.07 Å². The molecule has 0 bridgehead atoms. The van der Waals surface area contributed by atoms with E-state index in [1.165, 1.54) is 0 Å². The highest BCUT2D eigenvalue weighted by Crippen LogP contribution is 2.14. The van der Waals surface area contributed by atoms with Gasteiger partial charge >= 0.3 is 0 Å². The van der Waals surface area contributed by atoms with E-state index in [1.807, 2.05) is 38.2 Å². The molecule has 1 N–H and O–H groups in total. The van der Waals surface area contributed by atoms with Crippen molar-refractivity contribution in [2.45, 2.75) is 19.4 Å². The van der Waals surface area contributed by atoms with Crippen LogP contribution in [-0.4, -0.2) is 53.3 Å². The first-order valence-corrected chi connectivity index (χ1v) is 6.15. The Bertz CT molecular complexity index is 339. The lowest BCUT2D eigenvalue weighted by atomic mass is 10.1. The Kier molecular flexibility index (Phi) is 3.64.